The van der Waals surface area contributed by atoms with E-state index in [1.165, 1.54) is 0 Å². The van der Waals surface area contributed by atoms with Crippen LogP contribution in [0.15, 0.2) is 22.8 Å². The number of furan rings is 1. The molecule has 1 aromatic heterocycles. The SMILES string of the molecule is CCCCOCC(O)CN(CCC#N)Cc1ccco1. The number of unbranched alkanes of at least 4 members (excludes halogenated alkanes) is 1. The third-order valence-electron chi connectivity index (χ3n) is 2.92. The molecule has 1 heterocycles. The van der Waals surface area contributed by atoms with Crippen molar-refractivity contribution >= 4 is 0 Å². The molecule has 0 aromatic carbocycles. The van der Waals surface area contributed by atoms with Crippen molar-refractivity contribution in [3.8, 4) is 6.07 Å². The van der Waals surface area contributed by atoms with E-state index in [9.17, 15) is 5.11 Å². The van der Waals surface area contributed by atoms with Gasteiger partial charge in [0.2, 0.25) is 0 Å². The van der Waals surface area contributed by atoms with E-state index in [1.807, 2.05) is 17.0 Å². The molecule has 0 aliphatic heterocycles. The van der Waals surface area contributed by atoms with E-state index >= 15 is 0 Å². The minimum absolute atomic E-state index is 0.335. The first-order valence-corrected chi connectivity index (χ1v) is 7.13. The molecule has 20 heavy (non-hydrogen) atoms. The van der Waals surface area contributed by atoms with Gasteiger partial charge in [-0.15, -0.1) is 0 Å². The summed E-state index contributed by atoms with van der Waals surface area (Å²) in [4.78, 5) is 2.01. The topological polar surface area (TPSA) is 69.6 Å². The molecular weight excluding hydrogens is 256 g/mol. The van der Waals surface area contributed by atoms with Crippen LogP contribution in [0.3, 0.4) is 0 Å². The fourth-order valence-electron chi connectivity index (χ4n) is 1.88. The van der Waals surface area contributed by atoms with Gasteiger partial charge in [0.15, 0.2) is 0 Å². The van der Waals surface area contributed by atoms with Crippen LogP contribution in [0.25, 0.3) is 0 Å². The van der Waals surface area contributed by atoms with E-state index in [0.717, 1.165) is 18.6 Å². The van der Waals surface area contributed by atoms with E-state index in [2.05, 4.69) is 13.0 Å². The van der Waals surface area contributed by atoms with Crippen LogP contribution < -0.4 is 0 Å². The first kappa shape index (κ1) is 16.7. The number of aliphatic hydroxyl groups is 1. The number of nitriles is 1. The second kappa shape index (κ2) is 10.4. The molecule has 5 nitrogen and oxygen atoms in total. The van der Waals surface area contributed by atoms with Gasteiger partial charge in [-0.05, 0) is 18.6 Å². The predicted octanol–water partition coefficient (Wildman–Crippen LogP) is 2.17. The Morgan fingerprint density at radius 1 is 1.55 bits per heavy atom. The standard InChI is InChI=1S/C15H24N2O3/c1-2-3-9-19-13-14(18)11-17(8-5-7-16)12-15-6-4-10-20-15/h4,6,10,14,18H,2-3,5,8-9,11-13H2,1H3. The molecule has 0 spiro atoms. The summed E-state index contributed by atoms with van der Waals surface area (Å²) < 4.78 is 10.7. The molecule has 112 valence electrons. The Labute approximate surface area is 120 Å². The second-order valence-corrected chi connectivity index (χ2v) is 4.80. The summed E-state index contributed by atoms with van der Waals surface area (Å²) in [6, 6.07) is 5.85. The summed E-state index contributed by atoms with van der Waals surface area (Å²) >= 11 is 0. The van der Waals surface area contributed by atoms with Gasteiger partial charge in [-0.3, -0.25) is 4.90 Å². The summed E-state index contributed by atoms with van der Waals surface area (Å²) in [5.41, 5.74) is 0. The van der Waals surface area contributed by atoms with Gasteiger partial charge in [-0.25, -0.2) is 0 Å². The average molecular weight is 280 g/mol. The van der Waals surface area contributed by atoms with Crippen LogP contribution >= 0.6 is 0 Å². The van der Waals surface area contributed by atoms with Crippen LogP contribution in [0, 0.1) is 11.3 Å². The lowest BCUT2D eigenvalue weighted by Gasteiger charge is -2.23. The van der Waals surface area contributed by atoms with Crippen LogP contribution in [0.2, 0.25) is 0 Å². The normalized spacial score (nSPS) is 12.5. The Hall–Kier alpha value is -1.35. The number of ether oxygens (including phenoxy) is 1. The van der Waals surface area contributed by atoms with E-state index < -0.39 is 6.10 Å². The van der Waals surface area contributed by atoms with Gasteiger partial charge in [0.05, 0.1) is 31.6 Å². The van der Waals surface area contributed by atoms with Gasteiger partial charge < -0.3 is 14.3 Å². The molecule has 5 heteroatoms. The molecule has 0 saturated heterocycles. The van der Waals surface area contributed by atoms with Crippen LogP contribution in [0.4, 0.5) is 0 Å². The Morgan fingerprint density at radius 3 is 3.05 bits per heavy atom. The van der Waals surface area contributed by atoms with Crippen LogP contribution in [-0.4, -0.2) is 42.4 Å². The third-order valence-corrected chi connectivity index (χ3v) is 2.92. The molecular formula is C15H24N2O3. The van der Waals surface area contributed by atoms with Crippen LogP contribution in [0.5, 0.6) is 0 Å². The van der Waals surface area contributed by atoms with Crippen molar-refractivity contribution in [1.82, 2.24) is 4.90 Å². The number of rotatable bonds is 11. The Morgan fingerprint density at radius 2 is 2.40 bits per heavy atom. The summed E-state index contributed by atoms with van der Waals surface area (Å²) in [6.07, 6.45) is 3.62. The highest BCUT2D eigenvalue weighted by Gasteiger charge is 2.13. The van der Waals surface area contributed by atoms with Gasteiger partial charge in [-0.2, -0.15) is 5.26 Å². The first-order chi connectivity index (χ1) is 9.76. The highest BCUT2D eigenvalue weighted by Crippen LogP contribution is 2.07. The maximum absolute atomic E-state index is 9.97. The van der Waals surface area contributed by atoms with Gasteiger partial charge in [0.1, 0.15) is 5.76 Å². The van der Waals surface area contributed by atoms with Crippen molar-refractivity contribution in [2.24, 2.45) is 0 Å². The molecule has 1 aromatic rings. The number of hydrogen-bond acceptors (Lipinski definition) is 5. The van der Waals surface area contributed by atoms with Crippen molar-refractivity contribution < 1.29 is 14.3 Å². The van der Waals surface area contributed by atoms with E-state index in [-0.39, 0.29) is 0 Å². The minimum atomic E-state index is -0.541. The molecule has 0 bridgehead atoms. The summed E-state index contributed by atoms with van der Waals surface area (Å²) in [7, 11) is 0. The maximum Gasteiger partial charge on any atom is 0.117 e. The zero-order valence-corrected chi connectivity index (χ0v) is 12.1. The molecule has 1 N–H and O–H groups in total. The van der Waals surface area contributed by atoms with Gasteiger partial charge in [-0.1, -0.05) is 13.3 Å². The maximum atomic E-state index is 9.97. The quantitative estimate of drug-likeness (QED) is 0.629. The van der Waals surface area contributed by atoms with Crippen molar-refractivity contribution in [3.05, 3.63) is 24.2 Å². The Kier molecular flexibility index (Phi) is 8.72. The summed E-state index contributed by atoms with van der Waals surface area (Å²) in [5, 5.41) is 18.7. The van der Waals surface area contributed by atoms with E-state index in [1.54, 1.807) is 6.26 Å². The number of hydrogen-bond donors (Lipinski definition) is 1. The molecule has 0 fully saturated rings. The molecule has 0 amide bonds. The van der Waals surface area contributed by atoms with Crippen molar-refractivity contribution in [1.29, 1.82) is 5.26 Å². The number of nitrogens with zero attached hydrogens (tertiary/aromatic N) is 2. The lowest BCUT2D eigenvalue weighted by Crippen LogP contribution is -2.35. The monoisotopic (exact) mass is 280 g/mol. The molecule has 1 unspecified atom stereocenters. The molecule has 0 saturated carbocycles. The smallest absolute Gasteiger partial charge is 0.117 e. The summed E-state index contributed by atoms with van der Waals surface area (Å²) in [6.45, 7) is 4.82. The van der Waals surface area contributed by atoms with Crippen molar-refractivity contribution in [2.75, 3.05) is 26.3 Å². The highest BCUT2D eigenvalue weighted by molar-refractivity contribution is 4.98. The van der Waals surface area contributed by atoms with E-state index in [4.69, 9.17) is 14.4 Å². The summed E-state index contributed by atoms with van der Waals surface area (Å²) in [5.74, 6) is 0.835. The van der Waals surface area contributed by atoms with Gasteiger partial charge >= 0.3 is 0 Å². The van der Waals surface area contributed by atoms with Crippen molar-refractivity contribution in [2.45, 2.75) is 38.8 Å². The zero-order valence-electron chi connectivity index (χ0n) is 12.1. The third kappa shape index (κ3) is 7.29. The van der Waals surface area contributed by atoms with Crippen LogP contribution in [-0.2, 0) is 11.3 Å². The van der Waals surface area contributed by atoms with Gasteiger partial charge in [0.25, 0.3) is 0 Å². The first-order valence-electron chi connectivity index (χ1n) is 7.13. The Bertz CT molecular complexity index is 373. The highest BCUT2D eigenvalue weighted by atomic mass is 16.5. The van der Waals surface area contributed by atoms with Crippen LogP contribution in [0.1, 0.15) is 31.9 Å². The molecule has 0 aliphatic rings. The fraction of sp³-hybridized carbons (Fsp3) is 0.667. The molecule has 1 atom stereocenters. The Balaban J connectivity index is 2.33. The fourth-order valence-corrected chi connectivity index (χ4v) is 1.88. The molecule has 0 aliphatic carbocycles. The molecule has 0 radical (unpaired) electrons. The van der Waals surface area contributed by atoms with Gasteiger partial charge in [0, 0.05) is 26.1 Å². The predicted molar refractivity (Wildman–Crippen MR) is 75.9 cm³/mol. The second-order valence-electron chi connectivity index (χ2n) is 4.80. The lowest BCUT2D eigenvalue weighted by molar-refractivity contribution is 0.0137. The minimum Gasteiger partial charge on any atom is -0.468 e. The number of aliphatic hydroxyl groups excluding tert-OH is 1. The molecule has 1 rings (SSSR count). The van der Waals surface area contributed by atoms with E-state index in [0.29, 0.717) is 39.3 Å². The largest absolute Gasteiger partial charge is 0.468 e. The lowest BCUT2D eigenvalue weighted by atomic mass is 10.3. The average Bonchev–Trinajstić information content (AvgIpc) is 2.94. The van der Waals surface area contributed by atoms with Crippen molar-refractivity contribution in [3.63, 3.8) is 0 Å². The zero-order chi connectivity index (χ0) is 14.6.